The number of anilines is 1. The molecule has 2 aromatic rings. The Hall–Kier alpha value is -1.81. The first kappa shape index (κ1) is 12.6. The second kappa shape index (κ2) is 6.21. The van der Waals surface area contributed by atoms with Crippen LogP contribution in [0.2, 0.25) is 0 Å². The van der Waals surface area contributed by atoms with E-state index >= 15 is 0 Å². The van der Waals surface area contributed by atoms with Gasteiger partial charge < -0.3 is 10.1 Å². The molecule has 0 saturated heterocycles. The maximum Gasteiger partial charge on any atom is 0.309 e. The minimum absolute atomic E-state index is 0.218. The third kappa shape index (κ3) is 3.60. The Kier molecular flexibility index (Phi) is 4.36. The Bertz CT molecular complexity index is 508. The zero-order valence-electron chi connectivity index (χ0n) is 10.2. The van der Waals surface area contributed by atoms with Gasteiger partial charge in [0.25, 0.3) is 0 Å². The average Bonchev–Trinajstić information content (AvgIpc) is 2.90. The molecule has 2 rings (SSSR count). The lowest BCUT2D eigenvalue weighted by molar-refractivity contribution is -0.139. The van der Waals surface area contributed by atoms with Gasteiger partial charge in [-0.3, -0.25) is 4.79 Å². The van der Waals surface area contributed by atoms with Gasteiger partial charge in [-0.05, 0) is 40.1 Å². The SMILES string of the molecule is COC(=O)Cc1cccc(NCc2ccsc2)c1. The van der Waals surface area contributed by atoms with E-state index in [9.17, 15) is 4.79 Å². The molecule has 1 aromatic heterocycles. The van der Waals surface area contributed by atoms with Crippen molar-refractivity contribution in [2.75, 3.05) is 12.4 Å². The van der Waals surface area contributed by atoms with Gasteiger partial charge in [-0.2, -0.15) is 11.3 Å². The van der Waals surface area contributed by atoms with E-state index in [1.807, 2.05) is 24.3 Å². The van der Waals surface area contributed by atoms with E-state index in [1.165, 1.54) is 12.7 Å². The van der Waals surface area contributed by atoms with Gasteiger partial charge >= 0.3 is 5.97 Å². The molecular weight excluding hydrogens is 246 g/mol. The first-order chi connectivity index (χ1) is 8.78. The lowest BCUT2D eigenvalue weighted by atomic mass is 10.1. The van der Waals surface area contributed by atoms with E-state index < -0.39 is 0 Å². The number of nitrogens with one attached hydrogen (secondary N) is 1. The maximum absolute atomic E-state index is 11.2. The predicted octanol–water partition coefficient (Wildman–Crippen LogP) is 3.08. The van der Waals surface area contributed by atoms with Crippen molar-refractivity contribution in [1.29, 1.82) is 0 Å². The molecule has 18 heavy (non-hydrogen) atoms. The second-order valence-electron chi connectivity index (χ2n) is 3.94. The van der Waals surface area contributed by atoms with E-state index in [-0.39, 0.29) is 5.97 Å². The fraction of sp³-hybridized carbons (Fsp3) is 0.214. The van der Waals surface area contributed by atoms with Crippen molar-refractivity contribution in [1.82, 2.24) is 0 Å². The van der Waals surface area contributed by atoms with E-state index in [1.54, 1.807) is 11.3 Å². The van der Waals surface area contributed by atoms with Crippen LogP contribution < -0.4 is 5.32 Å². The number of hydrogen-bond donors (Lipinski definition) is 1. The zero-order valence-corrected chi connectivity index (χ0v) is 11.0. The molecule has 0 saturated carbocycles. The smallest absolute Gasteiger partial charge is 0.309 e. The van der Waals surface area contributed by atoms with Crippen LogP contribution in [0.25, 0.3) is 0 Å². The fourth-order valence-corrected chi connectivity index (χ4v) is 2.30. The molecule has 3 nitrogen and oxygen atoms in total. The van der Waals surface area contributed by atoms with Crippen LogP contribution in [0.1, 0.15) is 11.1 Å². The van der Waals surface area contributed by atoms with Crippen LogP contribution in [-0.4, -0.2) is 13.1 Å². The molecule has 1 heterocycles. The number of hydrogen-bond acceptors (Lipinski definition) is 4. The van der Waals surface area contributed by atoms with Crippen molar-refractivity contribution in [3.05, 3.63) is 52.2 Å². The van der Waals surface area contributed by atoms with E-state index in [2.05, 4.69) is 26.9 Å². The first-order valence-electron chi connectivity index (χ1n) is 5.68. The third-order valence-corrected chi connectivity index (χ3v) is 3.31. The molecule has 0 atom stereocenters. The Balaban J connectivity index is 1.96. The summed E-state index contributed by atoms with van der Waals surface area (Å²) in [5.74, 6) is -0.218. The monoisotopic (exact) mass is 261 g/mol. The molecule has 0 aliphatic rings. The molecule has 94 valence electrons. The largest absolute Gasteiger partial charge is 0.469 e. The predicted molar refractivity (Wildman–Crippen MR) is 73.8 cm³/mol. The van der Waals surface area contributed by atoms with Crippen molar-refractivity contribution in [2.45, 2.75) is 13.0 Å². The number of esters is 1. The molecule has 4 heteroatoms. The van der Waals surface area contributed by atoms with Gasteiger partial charge in [-0.25, -0.2) is 0 Å². The Morgan fingerprint density at radius 3 is 2.94 bits per heavy atom. The molecule has 0 aliphatic heterocycles. The van der Waals surface area contributed by atoms with Crippen LogP contribution in [0.4, 0.5) is 5.69 Å². The molecule has 0 amide bonds. The van der Waals surface area contributed by atoms with Crippen molar-refractivity contribution >= 4 is 23.0 Å². The normalized spacial score (nSPS) is 10.1. The summed E-state index contributed by atoms with van der Waals surface area (Å²) in [6, 6.07) is 9.92. The number of carbonyl (C=O) groups excluding carboxylic acids is 1. The molecule has 0 fully saturated rings. The lowest BCUT2D eigenvalue weighted by Crippen LogP contribution is -2.05. The van der Waals surface area contributed by atoms with E-state index in [0.29, 0.717) is 6.42 Å². The highest BCUT2D eigenvalue weighted by atomic mass is 32.1. The van der Waals surface area contributed by atoms with Crippen molar-refractivity contribution in [3.8, 4) is 0 Å². The summed E-state index contributed by atoms with van der Waals surface area (Å²) in [7, 11) is 1.40. The molecule has 1 N–H and O–H groups in total. The van der Waals surface area contributed by atoms with Crippen molar-refractivity contribution in [3.63, 3.8) is 0 Å². The standard InChI is InChI=1S/C14H15NO2S/c1-17-14(16)8-11-3-2-4-13(7-11)15-9-12-5-6-18-10-12/h2-7,10,15H,8-9H2,1H3. The minimum atomic E-state index is -0.218. The van der Waals surface area contributed by atoms with Gasteiger partial charge in [0.2, 0.25) is 0 Å². The zero-order chi connectivity index (χ0) is 12.8. The van der Waals surface area contributed by atoms with Gasteiger partial charge in [0, 0.05) is 12.2 Å². The minimum Gasteiger partial charge on any atom is -0.469 e. The van der Waals surface area contributed by atoms with Gasteiger partial charge in [0.1, 0.15) is 0 Å². The van der Waals surface area contributed by atoms with Crippen LogP contribution in [0.15, 0.2) is 41.1 Å². The number of ether oxygens (including phenoxy) is 1. The lowest BCUT2D eigenvalue weighted by Gasteiger charge is -2.07. The van der Waals surface area contributed by atoms with E-state index in [4.69, 9.17) is 0 Å². The maximum atomic E-state index is 11.2. The van der Waals surface area contributed by atoms with Crippen LogP contribution in [0.5, 0.6) is 0 Å². The summed E-state index contributed by atoms with van der Waals surface area (Å²) < 4.78 is 4.65. The number of methoxy groups -OCH3 is 1. The number of thiophene rings is 1. The number of carbonyl (C=O) groups is 1. The summed E-state index contributed by atoms with van der Waals surface area (Å²) in [4.78, 5) is 11.2. The van der Waals surface area contributed by atoms with Crippen molar-refractivity contribution in [2.24, 2.45) is 0 Å². The number of benzene rings is 1. The van der Waals surface area contributed by atoms with Gasteiger partial charge in [0.05, 0.1) is 13.5 Å². The van der Waals surface area contributed by atoms with Crippen molar-refractivity contribution < 1.29 is 9.53 Å². The van der Waals surface area contributed by atoms with E-state index in [0.717, 1.165) is 17.8 Å². The average molecular weight is 261 g/mol. The molecule has 0 spiro atoms. The molecule has 0 aliphatic carbocycles. The summed E-state index contributed by atoms with van der Waals surface area (Å²) in [6.07, 6.45) is 0.310. The Morgan fingerprint density at radius 1 is 1.33 bits per heavy atom. The van der Waals surface area contributed by atoms with Crippen LogP contribution >= 0.6 is 11.3 Å². The first-order valence-corrected chi connectivity index (χ1v) is 6.63. The summed E-state index contributed by atoms with van der Waals surface area (Å²) in [5, 5.41) is 7.51. The molecular formula is C14H15NO2S. The molecule has 0 unspecified atom stereocenters. The number of rotatable bonds is 5. The topological polar surface area (TPSA) is 38.3 Å². The molecule has 0 bridgehead atoms. The third-order valence-electron chi connectivity index (χ3n) is 2.58. The van der Waals surface area contributed by atoms with Crippen LogP contribution in [-0.2, 0) is 22.5 Å². The Labute approximate surface area is 110 Å². The summed E-state index contributed by atoms with van der Waals surface area (Å²) in [5.41, 5.74) is 3.23. The summed E-state index contributed by atoms with van der Waals surface area (Å²) >= 11 is 1.69. The second-order valence-corrected chi connectivity index (χ2v) is 4.72. The molecule has 0 radical (unpaired) electrons. The highest BCUT2D eigenvalue weighted by Crippen LogP contribution is 2.14. The summed E-state index contributed by atoms with van der Waals surface area (Å²) in [6.45, 7) is 0.797. The van der Waals surface area contributed by atoms with Gasteiger partial charge in [-0.1, -0.05) is 12.1 Å². The molecule has 1 aromatic carbocycles. The fourth-order valence-electron chi connectivity index (χ4n) is 1.63. The van der Waals surface area contributed by atoms with Crippen LogP contribution in [0.3, 0.4) is 0 Å². The van der Waals surface area contributed by atoms with Crippen LogP contribution in [0, 0.1) is 0 Å². The highest BCUT2D eigenvalue weighted by Gasteiger charge is 2.03. The van der Waals surface area contributed by atoms with Gasteiger partial charge in [-0.15, -0.1) is 0 Å². The highest BCUT2D eigenvalue weighted by molar-refractivity contribution is 7.07. The van der Waals surface area contributed by atoms with Gasteiger partial charge in [0.15, 0.2) is 0 Å². The Morgan fingerprint density at radius 2 is 2.22 bits per heavy atom. The quantitative estimate of drug-likeness (QED) is 0.841.